The molecule has 196 valence electrons. The monoisotopic (exact) mass is 514 g/mol. The van der Waals surface area contributed by atoms with Gasteiger partial charge in [0.15, 0.2) is 0 Å². The van der Waals surface area contributed by atoms with E-state index in [1.165, 1.54) is 33.1 Å². The fourth-order valence-electron chi connectivity index (χ4n) is 5.49. The van der Waals surface area contributed by atoms with E-state index in [2.05, 4.69) is 35.3 Å². The van der Waals surface area contributed by atoms with Crippen LogP contribution in [0.1, 0.15) is 34.3 Å². The Hall–Kier alpha value is -4.04. The molecule has 0 aliphatic carbocycles. The average molecular weight is 515 g/mol. The molecule has 0 saturated carbocycles. The van der Waals surface area contributed by atoms with Crippen LogP contribution in [0.2, 0.25) is 0 Å². The van der Waals surface area contributed by atoms with Gasteiger partial charge in [0.1, 0.15) is 11.4 Å². The molecule has 2 saturated heterocycles. The first-order valence-electron chi connectivity index (χ1n) is 12.7. The molecule has 0 atom stereocenters. The number of anilines is 1. The van der Waals surface area contributed by atoms with Crippen molar-refractivity contribution in [2.75, 3.05) is 32.1 Å². The Morgan fingerprint density at radius 1 is 1.00 bits per heavy atom. The number of aryl methyl sites for hydroxylation is 1. The number of nitrogens with zero attached hydrogens (tertiary/aromatic N) is 3. The van der Waals surface area contributed by atoms with E-state index in [0.717, 1.165) is 12.1 Å². The highest BCUT2D eigenvalue weighted by Crippen LogP contribution is 2.42. The van der Waals surface area contributed by atoms with Gasteiger partial charge in [-0.2, -0.15) is 0 Å². The highest BCUT2D eigenvalue weighted by atomic mass is 19.1. The van der Waals surface area contributed by atoms with Gasteiger partial charge in [0.2, 0.25) is 0 Å². The first-order chi connectivity index (χ1) is 18.2. The molecule has 0 radical (unpaired) electrons. The summed E-state index contributed by atoms with van der Waals surface area (Å²) in [6, 6.07) is 19.0. The minimum atomic E-state index is -1.09. The Balaban J connectivity index is 1.45. The number of likely N-dealkylation sites (tertiary alicyclic amines) is 1. The van der Waals surface area contributed by atoms with Gasteiger partial charge in [-0.1, -0.05) is 42.0 Å². The van der Waals surface area contributed by atoms with Crippen molar-refractivity contribution in [3.63, 3.8) is 0 Å². The van der Waals surface area contributed by atoms with Crippen LogP contribution in [0, 0.1) is 12.7 Å². The molecule has 2 heterocycles. The topological polar surface area (TPSA) is 73.0 Å². The number of urea groups is 1. The van der Waals surface area contributed by atoms with Crippen LogP contribution in [0.15, 0.2) is 66.7 Å². The zero-order valence-electron chi connectivity index (χ0n) is 21.8. The number of hydrogen-bond donors (Lipinski definition) is 1. The number of nitrogens with one attached hydrogen (secondary N) is 1. The fraction of sp³-hybridized carbons (Fsp3) is 0.300. The first kappa shape index (κ1) is 25.6. The second-order valence-corrected chi connectivity index (χ2v) is 10.3. The zero-order chi connectivity index (χ0) is 27.0. The maximum absolute atomic E-state index is 14.6. The minimum absolute atomic E-state index is 0.128. The van der Waals surface area contributed by atoms with E-state index in [9.17, 15) is 18.8 Å². The van der Waals surface area contributed by atoms with E-state index in [0.29, 0.717) is 42.7 Å². The smallest absolute Gasteiger partial charge is 0.329 e. The molecule has 0 aromatic heterocycles. The Bertz CT molecular complexity index is 1390. The molecule has 2 fully saturated rings. The fourth-order valence-corrected chi connectivity index (χ4v) is 5.49. The molecule has 3 aromatic carbocycles. The van der Waals surface area contributed by atoms with Gasteiger partial charge in [-0.25, -0.2) is 9.18 Å². The number of halogens is 1. The van der Waals surface area contributed by atoms with E-state index in [-0.39, 0.29) is 11.8 Å². The van der Waals surface area contributed by atoms with Crippen LogP contribution in [-0.2, 0) is 11.3 Å². The maximum Gasteiger partial charge on any atom is 0.329 e. The van der Waals surface area contributed by atoms with Gasteiger partial charge in [0.05, 0.1) is 5.69 Å². The van der Waals surface area contributed by atoms with Gasteiger partial charge in [-0.3, -0.25) is 24.7 Å². The molecule has 1 N–H and O–H groups in total. The van der Waals surface area contributed by atoms with E-state index in [1.54, 1.807) is 44.4 Å². The van der Waals surface area contributed by atoms with Crippen molar-refractivity contribution in [3.05, 3.63) is 89.2 Å². The predicted molar refractivity (Wildman–Crippen MR) is 144 cm³/mol. The van der Waals surface area contributed by atoms with E-state index >= 15 is 0 Å². The van der Waals surface area contributed by atoms with Crippen molar-refractivity contribution in [1.29, 1.82) is 0 Å². The van der Waals surface area contributed by atoms with Gasteiger partial charge in [0.25, 0.3) is 11.8 Å². The molecule has 0 bridgehead atoms. The van der Waals surface area contributed by atoms with Crippen molar-refractivity contribution in [2.45, 2.75) is 31.8 Å². The molecule has 2 aliphatic heterocycles. The second-order valence-electron chi connectivity index (χ2n) is 10.3. The van der Waals surface area contributed by atoms with Crippen molar-refractivity contribution in [3.8, 4) is 11.1 Å². The number of rotatable bonds is 5. The molecule has 8 heteroatoms. The quantitative estimate of drug-likeness (QED) is 0.506. The van der Waals surface area contributed by atoms with Crippen LogP contribution in [-0.4, -0.2) is 60.4 Å². The maximum atomic E-state index is 14.6. The Morgan fingerprint density at radius 3 is 2.37 bits per heavy atom. The summed E-state index contributed by atoms with van der Waals surface area (Å²) >= 11 is 0. The zero-order valence-corrected chi connectivity index (χ0v) is 21.8. The number of carbonyl (C=O) groups is 3. The van der Waals surface area contributed by atoms with Crippen LogP contribution in [0.3, 0.4) is 0 Å². The third-order valence-electron chi connectivity index (χ3n) is 7.50. The summed E-state index contributed by atoms with van der Waals surface area (Å²) in [5.74, 6) is -0.973. The second kappa shape index (κ2) is 10.0. The number of carbonyl (C=O) groups excluding carboxylic acids is 3. The number of amides is 4. The Kier molecular flexibility index (Phi) is 6.75. The van der Waals surface area contributed by atoms with E-state index in [1.807, 2.05) is 6.07 Å². The SMILES string of the molecule is Cc1cccc(CN2CCC3(CC2)C(=O)NC(=O)N3c2cc(F)ccc2-c2ccc(C(=O)N(C)C)cc2)c1. The van der Waals surface area contributed by atoms with Crippen molar-refractivity contribution in [1.82, 2.24) is 15.1 Å². The predicted octanol–water partition coefficient (Wildman–Crippen LogP) is 4.59. The highest BCUT2D eigenvalue weighted by molar-refractivity contribution is 6.18. The first-order valence-corrected chi connectivity index (χ1v) is 12.7. The number of piperidine rings is 1. The molecule has 38 heavy (non-hydrogen) atoms. The Labute approximate surface area is 221 Å². The summed E-state index contributed by atoms with van der Waals surface area (Å²) in [4.78, 5) is 44.0. The van der Waals surface area contributed by atoms with Crippen molar-refractivity contribution < 1.29 is 18.8 Å². The average Bonchev–Trinajstić information content (AvgIpc) is 3.13. The summed E-state index contributed by atoms with van der Waals surface area (Å²) in [5.41, 5.74) is 3.50. The molecule has 1 spiro atoms. The van der Waals surface area contributed by atoms with Crippen molar-refractivity contribution >= 4 is 23.5 Å². The van der Waals surface area contributed by atoms with Crippen LogP contribution in [0.4, 0.5) is 14.9 Å². The molecule has 2 aliphatic rings. The molecular formula is C30H31FN4O3. The summed E-state index contributed by atoms with van der Waals surface area (Å²) in [7, 11) is 3.37. The van der Waals surface area contributed by atoms with E-state index in [4.69, 9.17) is 0 Å². The standard InChI is InChI=1S/C30H31FN4O3/c1-20-5-4-6-21(17-20)19-34-15-13-30(14-16-34)28(37)32-29(38)35(30)26-18-24(31)11-12-25(26)22-7-9-23(10-8-22)27(36)33(2)3/h4-12,17-18H,13-16,19H2,1-3H3,(H,32,37,38). The lowest BCUT2D eigenvalue weighted by atomic mass is 9.84. The van der Waals surface area contributed by atoms with Crippen LogP contribution >= 0.6 is 0 Å². The molecule has 5 rings (SSSR count). The Morgan fingerprint density at radius 2 is 1.71 bits per heavy atom. The summed E-state index contributed by atoms with van der Waals surface area (Å²) < 4.78 is 14.6. The van der Waals surface area contributed by atoms with Gasteiger partial charge in [0, 0.05) is 44.9 Å². The third kappa shape index (κ3) is 4.67. The van der Waals surface area contributed by atoms with Crippen LogP contribution in [0.25, 0.3) is 11.1 Å². The lowest BCUT2D eigenvalue weighted by molar-refractivity contribution is -0.124. The molecule has 3 aromatic rings. The van der Waals surface area contributed by atoms with E-state index < -0.39 is 17.4 Å². The van der Waals surface area contributed by atoms with Gasteiger partial charge in [-0.05, 0) is 61.2 Å². The minimum Gasteiger partial charge on any atom is -0.345 e. The normalized spacial score (nSPS) is 17.1. The largest absolute Gasteiger partial charge is 0.345 e. The molecule has 0 unspecified atom stereocenters. The summed E-state index contributed by atoms with van der Waals surface area (Å²) in [6.07, 6.45) is 0.866. The lowest BCUT2D eigenvalue weighted by Crippen LogP contribution is -2.56. The number of hydrogen-bond acceptors (Lipinski definition) is 4. The molecule has 7 nitrogen and oxygen atoms in total. The van der Waals surface area contributed by atoms with Gasteiger partial charge in [-0.15, -0.1) is 0 Å². The molecule has 4 amide bonds. The van der Waals surface area contributed by atoms with Gasteiger partial charge < -0.3 is 4.90 Å². The number of benzene rings is 3. The highest BCUT2D eigenvalue weighted by Gasteiger charge is 2.55. The van der Waals surface area contributed by atoms with Gasteiger partial charge >= 0.3 is 6.03 Å². The summed E-state index contributed by atoms with van der Waals surface area (Å²) in [5, 5.41) is 2.49. The molecular weight excluding hydrogens is 483 g/mol. The lowest BCUT2D eigenvalue weighted by Gasteiger charge is -2.42. The van der Waals surface area contributed by atoms with Crippen LogP contribution in [0.5, 0.6) is 0 Å². The summed E-state index contributed by atoms with van der Waals surface area (Å²) in [6.45, 7) is 4.07. The van der Waals surface area contributed by atoms with Crippen LogP contribution < -0.4 is 10.2 Å². The number of imide groups is 1. The van der Waals surface area contributed by atoms with Crippen molar-refractivity contribution in [2.24, 2.45) is 0 Å². The third-order valence-corrected chi connectivity index (χ3v) is 7.50.